The minimum atomic E-state index is -1.48. The number of esters is 1. The van der Waals surface area contributed by atoms with Crippen LogP contribution in [-0.4, -0.2) is 175 Å². The number of anilines is 1. The summed E-state index contributed by atoms with van der Waals surface area (Å²) in [7, 11) is 6.34. The van der Waals surface area contributed by atoms with Gasteiger partial charge in [-0.15, -0.1) is 0 Å². The van der Waals surface area contributed by atoms with Crippen LogP contribution in [0.2, 0.25) is 0 Å². The third-order valence-electron chi connectivity index (χ3n) is 14.6. The van der Waals surface area contributed by atoms with Gasteiger partial charge in [-0.1, -0.05) is 74.9 Å². The first-order valence-corrected chi connectivity index (χ1v) is 26.3. The highest BCUT2D eigenvalue weighted by Gasteiger charge is 2.49. The highest BCUT2D eigenvalue weighted by atomic mass is 16.7. The van der Waals surface area contributed by atoms with Gasteiger partial charge in [-0.2, -0.15) is 0 Å². The predicted octanol–water partition coefficient (Wildman–Crippen LogP) is 4.99. The maximum Gasteiger partial charge on any atom is 0.308 e. The molecule has 2 aromatic carbocycles. The van der Waals surface area contributed by atoms with E-state index in [1.165, 1.54) is 25.2 Å². The van der Waals surface area contributed by atoms with Gasteiger partial charge in [0.2, 0.25) is 5.91 Å². The molecule has 18 heteroatoms. The van der Waals surface area contributed by atoms with E-state index in [1.807, 2.05) is 33.8 Å². The molecule has 18 atom stereocenters. The number of carbonyl (C=O) groups excluding carboxylic acids is 4. The van der Waals surface area contributed by atoms with Gasteiger partial charge in [0, 0.05) is 48.8 Å². The highest BCUT2D eigenvalue weighted by Crippen LogP contribution is 2.38. The van der Waals surface area contributed by atoms with Crippen molar-refractivity contribution in [2.24, 2.45) is 23.7 Å². The van der Waals surface area contributed by atoms with E-state index >= 15 is 4.79 Å². The topological polar surface area (TPSA) is 232 Å². The number of aliphatic hydroxyl groups is 4. The number of nitrogens with zero attached hydrogens (tertiary/aromatic N) is 2. The van der Waals surface area contributed by atoms with Crippen LogP contribution in [-0.2, 0) is 47.5 Å². The number of amides is 2. The molecule has 2 saturated heterocycles. The number of nitrogens with one attached hydrogen (secondary N) is 1. The number of methoxy groups -OCH3 is 2. The average molecular weight is 1050 g/mol. The molecule has 0 saturated carbocycles. The van der Waals surface area contributed by atoms with Gasteiger partial charge in [0.15, 0.2) is 18.4 Å². The first-order chi connectivity index (χ1) is 35.4. The quantitative estimate of drug-likeness (QED) is 0.148. The molecule has 5 rings (SSSR count). The zero-order chi connectivity index (χ0) is 55.5. The van der Waals surface area contributed by atoms with Crippen LogP contribution in [0.5, 0.6) is 0 Å². The molecule has 5 N–H and O–H groups in total. The summed E-state index contributed by atoms with van der Waals surface area (Å²) in [6.07, 6.45) is -7.74. The van der Waals surface area contributed by atoms with Crippen molar-refractivity contribution in [2.75, 3.05) is 39.8 Å². The molecule has 2 aromatic rings. The summed E-state index contributed by atoms with van der Waals surface area (Å²) < 4.78 is 43.0. The number of benzene rings is 2. The molecule has 2 fully saturated rings. The predicted molar refractivity (Wildman–Crippen MR) is 281 cm³/mol. The van der Waals surface area contributed by atoms with Crippen LogP contribution in [0.4, 0.5) is 5.69 Å². The lowest BCUT2D eigenvalue weighted by Gasteiger charge is -2.47. The molecular formula is C57H85N3O15. The summed E-state index contributed by atoms with van der Waals surface area (Å²) in [6, 6.07) is 15.3. The number of ketones is 1. The summed E-state index contributed by atoms with van der Waals surface area (Å²) in [4.78, 5) is 61.9. The van der Waals surface area contributed by atoms with Crippen LogP contribution in [0.1, 0.15) is 98.4 Å². The zero-order valence-corrected chi connectivity index (χ0v) is 46.1. The number of allylic oxidation sites excluding steroid dienone is 3. The van der Waals surface area contributed by atoms with E-state index in [9.17, 15) is 34.8 Å². The molecule has 0 aliphatic carbocycles. The second-order valence-corrected chi connectivity index (χ2v) is 21.8. The largest absolute Gasteiger partial charge is 0.462 e. The third kappa shape index (κ3) is 16.1. The lowest BCUT2D eigenvalue weighted by atomic mass is 9.77. The number of aliphatic hydroxyl groups excluding tert-OH is 4. The van der Waals surface area contributed by atoms with Crippen LogP contribution < -0.4 is 10.2 Å². The third-order valence-corrected chi connectivity index (χ3v) is 14.6. The number of hydrogen-bond acceptors (Lipinski definition) is 16. The molecule has 2 amide bonds. The van der Waals surface area contributed by atoms with Crippen LogP contribution in [0.3, 0.4) is 0 Å². The first-order valence-electron chi connectivity index (χ1n) is 26.3. The highest BCUT2D eigenvalue weighted by molar-refractivity contribution is 6.10. The minimum Gasteiger partial charge on any atom is -0.462 e. The van der Waals surface area contributed by atoms with E-state index in [0.717, 1.165) is 0 Å². The number of ether oxygens (including phenoxy) is 7. The summed E-state index contributed by atoms with van der Waals surface area (Å²) in [5.74, 6) is -5.21. The molecule has 3 aliphatic rings. The van der Waals surface area contributed by atoms with Crippen LogP contribution in [0.25, 0.3) is 0 Å². The number of cyclic esters (lactones) is 1. The van der Waals surface area contributed by atoms with Gasteiger partial charge in [-0.3, -0.25) is 24.1 Å². The van der Waals surface area contributed by atoms with Gasteiger partial charge in [-0.05, 0) is 111 Å². The van der Waals surface area contributed by atoms with Gasteiger partial charge in [0.1, 0.15) is 36.6 Å². The summed E-state index contributed by atoms with van der Waals surface area (Å²) in [5.41, 5.74) is 0.620. The Kier molecular flexibility index (Phi) is 22.7. The maximum atomic E-state index is 15.1. The number of carbonyl (C=O) groups is 4. The van der Waals surface area contributed by atoms with Crippen LogP contribution in [0.15, 0.2) is 84.5 Å². The van der Waals surface area contributed by atoms with E-state index in [-0.39, 0.29) is 25.2 Å². The Balaban J connectivity index is 1.65. The summed E-state index contributed by atoms with van der Waals surface area (Å²) in [5, 5.41) is 49.4. The molecule has 3 heterocycles. The molecule has 75 heavy (non-hydrogen) atoms. The van der Waals surface area contributed by atoms with Crippen molar-refractivity contribution < 1.29 is 72.8 Å². The molecule has 0 radical (unpaired) electrons. The Bertz CT molecular complexity index is 2210. The molecular weight excluding hydrogens is 967 g/mol. The van der Waals surface area contributed by atoms with Crippen molar-refractivity contribution in [3.05, 3.63) is 90.0 Å². The molecule has 18 nitrogen and oxygen atoms in total. The number of hydrogen-bond donors (Lipinski definition) is 5. The minimum absolute atomic E-state index is 0.0314. The smallest absolute Gasteiger partial charge is 0.308 e. The van der Waals surface area contributed by atoms with Crippen molar-refractivity contribution in [3.63, 3.8) is 0 Å². The van der Waals surface area contributed by atoms with E-state index in [1.54, 1.807) is 120 Å². The van der Waals surface area contributed by atoms with E-state index < -0.39 is 139 Å². The molecule has 3 aliphatic heterocycles. The van der Waals surface area contributed by atoms with Gasteiger partial charge in [0.05, 0.1) is 49.6 Å². The number of para-hydroxylation sites is 1. The average Bonchev–Trinajstić information content (AvgIpc) is 3.36. The molecule has 1 unspecified atom stereocenters. The Morgan fingerprint density at radius 1 is 0.813 bits per heavy atom. The Hall–Kier alpha value is -4.44. The Morgan fingerprint density at radius 3 is 2.00 bits per heavy atom. The Labute approximate surface area is 443 Å². The molecule has 0 spiro atoms. The lowest BCUT2D eigenvalue weighted by Crippen LogP contribution is -2.63. The van der Waals surface area contributed by atoms with Gasteiger partial charge >= 0.3 is 5.97 Å². The normalized spacial score (nSPS) is 35.2. The second-order valence-electron chi connectivity index (χ2n) is 21.8. The number of rotatable bonds is 15. The van der Waals surface area contributed by atoms with E-state index in [0.29, 0.717) is 23.2 Å². The standard InChI is InChI=1S/C57H85N3O15/c1-14-44-39(31-71-56-52(70-13)51(69-12)48(65)36(6)73-56)27-32(2)25-26-42(61)33(3)28-38(50(34(4)43(62)30-45(63)74-44)75-55-49(66)46(59(10)11)47(64)35(5)72-55)29-41(53(67)58-57(7,8)9)60(40-23-19-16-20-24-40)54(68)37-21-17-15-18-22-37/h15-27,33-36,38-39,41,43-44,46-52,55-56,62,64-66H,14,28-31H2,1-13H3,(H,58,67)/b26-25+,32-27+/t33-,34+,35-,36+,38-,39-,41?,43-,44-,46+,47-,48+,49-,50-,51+,52+,55+,56+/m1/s1. The molecule has 0 bridgehead atoms. The molecule has 0 aromatic heterocycles. The molecule has 418 valence electrons. The maximum absolute atomic E-state index is 15.1. The lowest BCUT2D eigenvalue weighted by molar-refractivity contribution is -0.304. The fourth-order valence-corrected chi connectivity index (χ4v) is 10.5. The van der Waals surface area contributed by atoms with Gasteiger partial charge in [-0.25, -0.2) is 0 Å². The van der Waals surface area contributed by atoms with Gasteiger partial charge < -0.3 is 63.8 Å². The Morgan fingerprint density at radius 2 is 1.41 bits per heavy atom. The number of likely N-dealkylation sites (N-methyl/N-ethyl adjacent to an activating group) is 1. The van der Waals surface area contributed by atoms with Crippen LogP contribution in [0, 0.1) is 23.7 Å². The van der Waals surface area contributed by atoms with Crippen LogP contribution >= 0.6 is 0 Å². The van der Waals surface area contributed by atoms with Crippen molar-refractivity contribution in [3.8, 4) is 0 Å². The summed E-state index contributed by atoms with van der Waals surface area (Å²) in [6.45, 7) is 15.9. The monoisotopic (exact) mass is 1050 g/mol. The fourth-order valence-electron chi connectivity index (χ4n) is 10.5. The fraction of sp³-hybridized carbons (Fsp3) is 0.649. The zero-order valence-electron chi connectivity index (χ0n) is 46.1. The first kappa shape index (κ1) is 61.4. The van der Waals surface area contributed by atoms with Gasteiger partial charge in [0.25, 0.3) is 5.91 Å². The van der Waals surface area contributed by atoms with Crippen molar-refractivity contribution in [2.45, 2.75) is 179 Å². The van der Waals surface area contributed by atoms with E-state index in [2.05, 4.69) is 5.32 Å². The van der Waals surface area contributed by atoms with Crippen molar-refractivity contribution >= 4 is 29.3 Å². The summed E-state index contributed by atoms with van der Waals surface area (Å²) >= 11 is 0. The SMILES string of the molecule is CC[C@H]1OC(=O)C[C@@H](O)[C@H](C)[C@@H](O[C@@H]2O[C@H](C)[C@@H](O)[C@H](N(C)C)[C@H]2O)[C@@H](CC(C(=O)NC(C)(C)C)N(C(=O)c2ccccc2)c2ccccc2)C[C@@H](C)C(=O)/C=C/C(C)=C/[C@@H]1CO[C@H]1O[C@@H](C)[C@H](O)[C@H](OC)[C@@H]1OC. The van der Waals surface area contributed by atoms with Crippen molar-refractivity contribution in [1.82, 2.24) is 10.2 Å². The van der Waals surface area contributed by atoms with E-state index in [4.69, 9.17) is 33.2 Å². The van der Waals surface area contributed by atoms with Crippen molar-refractivity contribution in [1.29, 1.82) is 0 Å². The second kappa shape index (κ2) is 27.7.